The summed E-state index contributed by atoms with van der Waals surface area (Å²) in [4.78, 5) is 22.1. The second-order valence-electron chi connectivity index (χ2n) is 4.95. The molecule has 4 nitrogen and oxygen atoms in total. The normalized spacial score (nSPS) is 16.9. The van der Waals surface area contributed by atoms with Crippen LogP contribution in [0.15, 0.2) is 0 Å². The number of aldehydes is 1. The highest BCUT2D eigenvalue weighted by atomic mass is 28.4. The van der Waals surface area contributed by atoms with Crippen LogP contribution in [0.1, 0.15) is 34.6 Å². The van der Waals surface area contributed by atoms with Crippen LogP contribution in [0.3, 0.4) is 0 Å². The fraction of sp³-hybridized carbons (Fsp3) is 0.846. The van der Waals surface area contributed by atoms with Crippen LogP contribution in [0, 0.1) is 11.8 Å². The van der Waals surface area contributed by atoms with E-state index in [1.54, 1.807) is 13.8 Å². The molecular weight excluding hydrogens is 248 g/mol. The van der Waals surface area contributed by atoms with E-state index >= 15 is 0 Å². The van der Waals surface area contributed by atoms with E-state index in [1.165, 1.54) is 0 Å². The van der Waals surface area contributed by atoms with Crippen LogP contribution < -0.4 is 0 Å². The number of aliphatic carboxylic acids is 1. The van der Waals surface area contributed by atoms with Gasteiger partial charge in [-0.15, -0.1) is 0 Å². The molecule has 0 aromatic heterocycles. The van der Waals surface area contributed by atoms with E-state index in [-0.39, 0.29) is 5.92 Å². The zero-order valence-corrected chi connectivity index (χ0v) is 13.1. The first-order chi connectivity index (χ1) is 8.37. The highest BCUT2D eigenvalue weighted by molar-refractivity contribution is 6.73. The maximum atomic E-state index is 11.1. The van der Waals surface area contributed by atoms with Gasteiger partial charge in [0.25, 0.3) is 0 Å². The van der Waals surface area contributed by atoms with Crippen LogP contribution >= 0.6 is 0 Å². The first kappa shape index (κ1) is 17.3. The molecule has 0 aliphatic rings. The maximum Gasteiger partial charge on any atom is 0.308 e. The quantitative estimate of drug-likeness (QED) is 0.518. The molecule has 0 aliphatic carbocycles. The van der Waals surface area contributed by atoms with Gasteiger partial charge in [0.15, 0.2) is 8.32 Å². The summed E-state index contributed by atoms with van der Waals surface area (Å²) in [7, 11) is -1.89. The SMILES string of the molecule is CC[Si](CC)(CC)OC(C(C)C(=O)O)[C@@H](C)C=O. The Morgan fingerprint density at radius 3 is 1.94 bits per heavy atom. The lowest BCUT2D eigenvalue weighted by atomic mass is 9.95. The third-order valence-electron chi connectivity index (χ3n) is 3.93. The van der Waals surface area contributed by atoms with Gasteiger partial charge in [-0.25, -0.2) is 0 Å². The van der Waals surface area contributed by atoms with E-state index in [0.29, 0.717) is 0 Å². The van der Waals surface area contributed by atoms with Gasteiger partial charge in [-0.2, -0.15) is 0 Å². The summed E-state index contributed by atoms with van der Waals surface area (Å²) in [5.41, 5.74) is 0. The summed E-state index contributed by atoms with van der Waals surface area (Å²) in [5, 5.41) is 9.13. The lowest BCUT2D eigenvalue weighted by molar-refractivity contribution is -0.145. The third kappa shape index (κ3) is 4.21. The molecule has 0 radical (unpaired) electrons. The number of hydrogen-bond acceptors (Lipinski definition) is 3. The van der Waals surface area contributed by atoms with E-state index in [2.05, 4.69) is 20.8 Å². The Balaban J connectivity index is 5.09. The summed E-state index contributed by atoms with van der Waals surface area (Å²) < 4.78 is 6.19. The van der Waals surface area contributed by atoms with Gasteiger partial charge in [-0.05, 0) is 25.1 Å². The number of carboxylic acid groups (broad SMARTS) is 1. The number of hydrogen-bond donors (Lipinski definition) is 1. The van der Waals surface area contributed by atoms with Crippen molar-refractivity contribution in [1.29, 1.82) is 0 Å². The van der Waals surface area contributed by atoms with Crippen molar-refractivity contribution in [1.82, 2.24) is 0 Å². The Hall–Kier alpha value is -0.683. The Labute approximate surface area is 111 Å². The smallest absolute Gasteiger partial charge is 0.308 e. The lowest BCUT2D eigenvalue weighted by Gasteiger charge is -2.36. The third-order valence-corrected chi connectivity index (χ3v) is 8.57. The predicted octanol–water partition coefficient (Wildman–Crippen LogP) is 2.93. The Kier molecular flexibility index (Phi) is 7.39. The van der Waals surface area contributed by atoms with E-state index in [9.17, 15) is 9.59 Å². The maximum absolute atomic E-state index is 11.1. The van der Waals surface area contributed by atoms with Gasteiger partial charge in [0.05, 0.1) is 12.0 Å². The van der Waals surface area contributed by atoms with Crippen LogP contribution in [-0.4, -0.2) is 31.8 Å². The van der Waals surface area contributed by atoms with Crippen molar-refractivity contribution in [3.63, 3.8) is 0 Å². The van der Waals surface area contributed by atoms with Gasteiger partial charge in [0, 0.05) is 5.92 Å². The number of carbonyl (C=O) groups excluding carboxylic acids is 1. The van der Waals surface area contributed by atoms with Gasteiger partial charge in [-0.3, -0.25) is 4.79 Å². The van der Waals surface area contributed by atoms with Gasteiger partial charge < -0.3 is 14.3 Å². The first-order valence-electron chi connectivity index (χ1n) is 6.73. The predicted molar refractivity (Wildman–Crippen MR) is 74.1 cm³/mol. The molecule has 0 aliphatic heterocycles. The van der Waals surface area contributed by atoms with Gasteiger partial charge in [0.2, 0.25) is 0 Å². The van der Waals surface area contributed by atoms with E-state index in [0.717, 1.165) is 24.4 Å². The van der Waals surface area contributed by atoms with Crippen molar-refractivity contribution in [2.75, 3.05) is 0 Å². The molecule has 0 aromatic rings. The first-order valence-corrected chi connectivity index (χ1v) is 9.26. The lowest BCUT2D eigenvalue weighted by Crippen LogP contribution is -2.46. The molecule has 0 amide bonds. The van der Waals surface area contributed by atoms with Crippen LogP contribution in [0.5, 0.6) is 0 Å². The Bertz CT molecular complexity index is 268. The average Bonchev–Trinajstić information content (AvgIpc) is 2.39. The Morgan fingerprint density at radius 1 is 1.22 bits per heavy atom. The molecule has 18 heavy (non-hydrogen) atoms. The Morgan fingerprint density at radius 2 is 1.67 bits per heavy atom. The molecule has 1 N–H and O–H groups in total. The second-order valence-corrected chi connectivity index (χ2v) is 9.67. The van der Waals surface area contributed by atoms with E-state index in [1.807, 2.05) is 0 Å². The van der Waals surface area contributed by atoms with E-state index < -0.39 is 26.3 Å². The zero-order chi connectivity index (χ0) is 14.3. The van der Waals surface area contributed by atoms with Crippen molar-refractivity contribution >= 4 is 20.6 Å². The molecule has 0 spiro atoms. The molecule has 0 bridgehead atoms. The van der Waals surface area contributed by atoms with Crippen LogP contribution in [0.4, 0.5) is 0 Å². The monoisotopic (exact) mass is 274 g/mol. The fourth-order valence-electron chi connectivity index (χ4n) is 2.17. The summed E-state index contributed by atoms with van der Waals surface area (Å²) in [6, 6.07) is 2.86. The van der Waals surface area contributed by atoms with Crippen molar-refractivity contribution in [3.05, 3.63) is 0 Å². The van der Waals surface area contributed by atoms with Crippen LogP contribution in [-0.2, 0) is 14.0 Å². The standard InChI is InChI=1S/C13H26O4Si/c1-6-18(7-2,8-3)17-12(10(4)9-14)11(5)13(15)16/h9-12H,6-8H2,1-5H3,(H,15,16)/t10-,11?,12?/m0/s1. The molecule has 3 atom stereocenters. The van der Waals surface area contributed by atoms with Gasteiger partial charge in [0.1, 0.15) is 6.29 Å². The summed E-state index contributed by atoms with van der Waals surface area (Å²) in [5.74, 6) is -1.94. The number of rotatable bonds is 9. The molecule has 0 saturated heterocycles. The molecule has 5 heteroatoms. The molecule has 0 fully saturated rings. The summed E-state index contributed by atoms with van der Waals surface area (Å²) in [6.45, 7) is 9.62. The molecule has 2 unspecified atom stereocenters. The van der Waals surface area contributed by atoms with Crippen molar-refractivity contribution in [3.8, 4) is 0 Å². The zero-order valence-electron chi connectivity index (χ0n) is 12.1. The minimum Gasteiger partial charge on any atom is -0.481 e. The fourth-order valence-corrected chi connectivity index (χ4v) is 5.17. The van der Waals surface area contributed by atoms with Gasteiger partial charge >= 0.3 is 5.97 Å². The molecular formula is C13H26O4Si. The second kappa shape index (κ2) is 7.69. The van der Waals surface area contributed by atoms with E-state index in [4.69, 9.17) is 9.53 Å². The van der Waals surface area contributed by atoms with Crippen molar-refractivity contribution in [2.45, 2.75) is 58.9 Å². The molecule has 0 rings (SSSR count). The molecule has 0 heterocycles. The number of carbonyl (C=O) groups is 2. The number of carboxylic acids is 1. The molecule has 0 aromatic carbocycles. The largest absolute Gasteiger partial charge is 0.481 e. The van der Waals surface area contributed by atoms with Crippen LogP contribution in [0.25, 0.3) is 0 Å². The molecule has 106 valence electrons. The minimum atomic E-state index is -1.89. The van der Waals surface area contributed by atoms with Crippen molar-refractivity contribution in [2.24, 2.45) is 11.8 Å². The van der Waals surface area contributed by atoms with Crippen LogP contribution in [0.2, 0.25) is 18.1 Å². The molecule has 0 saturated carbocycles. The van der Waals surface area contributed by atoms with Gasteiger partial charge in [-0.1, -0.05) is 27.7 Å². The summed E-state index contributed by atoms with van der Waals surface area (Å²) >= 11 is 0. The topological polar surface area (TPSA) is 63.6 Å². The summed E-state index contributed by atoms with van der Waals surface area (Å²) in [6.07, 6.45) is 0.288. The highest BCUT2D eigenvalue weighted by Crippen LogP contribution is 2.28. The van der Waals surface area contributed by atoms with Crippen molar-refractivity contribution < 1.29 is 19.1 Å². The highest BCUT2D eigenvalue weighted by Gasteiger charge is 2.38. The minimum absolute atomic E-state index is 0.382. The average molecular weight is 274 g/mol.